The second-order valence-corrected chi connectivity index (χ2v) is 8.11. The van der Waals surface area contributed by atoms with Gasteiger partial charge in [0.25, 0.3) is 0 Å². The summed E-state index contributed by atoms with van der Waals surface area (Å²) in [6.07, 6.45) is -0.286. The third kappa shape index (κ3) is 5.51. The number of nitrogens with one attached hydrogen (secondary N) is 1. The predicted octanol–water partition coefficient (Wildman–Crippen LogP) is 2.73. The average Bonchev–Trinajstić information content (AvgIpc) is 2.83. The van der Waals surface area contributed by atoms with Crippen molar-refractivity contribution in [3.05, 3.63) is 71.3 Å². The van der Waals surface area contributed by atoms with Gasteiger partial charge in [-0.25, -0.2) is 23.6 Å². The highest BCUT2D eigenvalue weighted by atomic mass is 19.1. The maximum absolute atomic E-state index is 14.4. The Kier molecular flexibility index (Phi) is 8.17. The van der Waals surface area contributed by atoms with Crippen molar-refractivity contribution in [2.45, 2.75) is 32.6 Å². The molecule has 1 aliphatic rings. The molecule has 0 spiro atoms. The molecule has 2 aromatic rings. The maximum atomic E-state index is 14.4. The fourth-order valence-corrected chi connectivity index (χ4v) is 3.97. The Morgan fingerprint density at radius 1 is 1.24 bits per heavy atom. The number of rotatable bonds is 8. The molecule has 1 N–H and O–H groups in total. The second kappa shape index (κ2) is 11.1. The van der Waals surface area contributed by atoms with Gasteiger partial charge in [-0.1, -0.05) is 43.3 Å². The third-order valence-electron chi connectivity index (χ3n) is 6.00. The predicted molar refractivity (Wildman–Crippen MR) is 122 cm³/mol. The highest BCUT2D eigenvalue weighted by Gasteiger charge is 2.41. The smallest absolute Gasteiger partial charge is 0.333 e. The second-order valence-electron chi connectivity index (χ2n) is 8.11. The Bertz CT molecular complexity index is 1020. The summed E-state index contributed by atoms with van der Waals surface area (Å²) >= 11 is 0. The van der Waals surface area contributed by atoms with Crippen LogP contribution in [0.4, 0.5) is 13.6 Å². The minimum absolute atomic E-state index is 0.0430. The van der Waals surface area contributed by atoms with E-state index in [1.165, 1.54) is 20.9 Å². The van der Waals surface area contributed by atoms with Gasteiger partial charge in [0.15, 0.2) is 0 Å². The zero-order chi connectivity index (χ0) is 24.8. The first-order valence-corrected chi connectivity index (χ1v) is 11.0. The van der Waals surface area contributed by atoms with Crippen LogP contribution in [0, 0.1) is 11.6 Å². The lowest BCUT2D eigenvalue weighted by Crippen LogP contribution is -2.67. The van der Waals surface area contributed by atoms with Crippen molar-refractivity contribution >= 4 is 18.3 Å². The average molecular weight is 474 g/mol. The largest absolute Gasteiger partial charge is 0.334 e. The molecule has 182 valence electrons. The van der Waals surface area contributed by atoms with E-state index >= 15 is 0 Å². The Morgan fingerprint density at radius 3 is 2.56 bits per heavy atom. The van der Waals surface area contributed by atoms with E-state index < -0.39 is 35.8 Å². The summed E-state index contributed by atoms with van der Waals surface area (Å²) in [6, 6.07) is 11.4. The number of hydrogen-bond donors (Lipinski definition) is 1. The molecule has 8 nitrogen and oxygen atoms in total. The van der Waals surface area contributed by atoms with Crippen LogP contribution in [0.1, 0.15) is 31.0 Å². The number of piperazine rings is 1. The number of nitrogens with zero attached hydrogens (tertiary/aromatic N) is 4. The maximum Gasteiger partial charge on any atom is 0.334 e. The van der Waals surface area contributed by atoms with E-state index in [2.05, 4.69) is 5.32 Å². The summed E-state index contributed by atoms with van der Waals surface area (Å²) in [5, 5.41) is 5.90. The minimum Gasteiger partial charge on any atom is -0.333 e. The van der Waals surface area contributed by atoms with Crippen LogP contribution in [0.5, 0.6) is 0 Å². The van der Waals surface area contributed by atoms with Gasteiger partial charge in [-0.2, -0.15) is 0 Å². The Labute approximate surface area is 197 Å². The van der Waals surface area contributed by atoms with Gasteiger partial charge in [0.1, 0.15) is 24.3 Å². The van der Waals surface area contributed by atoms with Crippen LogP contribution in [-0.2, 0) is 16.1 Å². The van der Waals surface area contributed by atoms with Crippen LogP contribution < -0.4 is 5.32 Å². The van der Waals surface area contributed by atoms with Crippen LogP contribution in [0.3, 0.4) is 0 Å². The van der Waals surface area contributed by atoms with Crippen molar-refractivity contribution in [1.29, 1.82) is 0 Å². The lowest BCUT2D eigenvalue weighted by Gasteiger charge is -2.48. The highest BCUT2D eigenvalue weighted by molar-refractivity contribution is 5.82. The van der Waals surface area contributed by atoms with E-state index in [1.54, 1.807) is 19.0 Å². The van der Waals surface area contributed by atoms with Crippen LogP contribution in [0.15, 0.2) is 48.5 Å². The molecular formula is C24H29F2N5O3. The van der Waals surface area contributed by atoms with Crippen LogP contribution in [-0.4, -0.2) is 71.0 Å². The molecule has 1 saturated heterocycles. The topological polar surface area (TPSA) is 76.2 Å². The van der Waals surface area contributed by atoms with Gasteiger partial charge in [0.05, 0.1) is 12.6 Å². The molecule has 0 radical (unpaired) electrons. The van der Waals surface area contributed by atoms with Gasteiger partial charge < -0.3 is 15.1 Å². The lowest BCUT2D eigenvalue weighted by molar-refractivity contribution is -0.158. The molecule has 2 aromatic carbocycles. The van der Waals surface area contributed by atoms with Crippen molar-refractivity contribution in [1.82, 2.24) is 25.1 Å². The number of halogens is 2. The first-order valence-electron chi connectivity index (χ1n) is 11.0. The molecule has 3 rings (SSSR count). The molecule has 0 aromatic heterocycles. The molecule has 4 amide bonds. The highest BCUT2D eigenvalue weighted by Crippen LogP contribution is 2.27. The van der Waals surface area contributed by atoms with Crippen molar-refractivity contribution in [3.63, 3.8) is 0 Å². The molecular weight excluding hydrogens is 444 g/mol. The van der Waals surface area contributed by atoms with Gasteiger partial charge in [-0.05, 0) is 18.6 Å². The summed E-state index contributed by atoms with van der Waals surface area (Å²) in [5.74, 6) is -1.88. The van der Waals surface area contributed by atoms with E-state index in [4.69, 9.17) is 0 Å². The zero-order valence-electron chi connectivity index (χ0n) is 19.4. The van der Waals surface area contributed by atoms with Gasteiger partial charge >= 0.3 is 6.03 Å². The molecule has 0 saturated carbocycles. The van der Waals surface area contributed by atoms with Crippen LogP contribution in [0.25, 0.3) is 0 Å². The normalized spacial score (nSPS) is 17.0. The molecule has 34 heavy (non-hydrogen) atoms. The lowest BCUT2D eigenvalue weighted by atomic mass is 10.0. The molecule has 0 aliphatic carbocycles. The van der Waals surface area contributed by atoms with Crippen molar-refractivity contribution < 1.29 is 23.2 Å². The van der Waals surface area contributed by atoms with Crippen LogP contribution in [0.2, 0.25) is 0 Å². The van der Waals surface area contributed by atoms with E-state index in [0.717, 1.165) is 17.7 Å². The van der Waals surface area contributed by atoms with Crippen molar-refractivity contribution in [3.8, 4) is 0 Å². The standard InChI is InChI=1S/C24H29F2N5O3/c1-4-28(3)31(24(34)27-13-18-8-6-5-7-9-18)22-14-30(23(33)15-29(22)16-32)17(2)20-11-10-19(25)12-21(20)26/h5-12,16-17,22H,4,13-15H2,1-3H3,(H,27,34)/t17-,22?/m1/s1. The minimum atomic E-state index is -0.818. The zero-order valence-corrected chi connectivity index (χ0v) is 19.4. The summed E-state index contributed by atoms with van der Waals surface area (Å²) in [6.45, 7) is 3.90. The molecule has 1 unspecified atom stereocenters. The fraction of sp³-hybridized carbons (Fsp3) is 0.375. The molecule has 1 fully saturated rings. The number of carbonyl (C=O) groups excluding carboxylic acids is 3. The van der Waals surface area contributed by atoms with Gasteiger partial charge in [-0.3, -0.25) is 9.59 Å². The summed E-state index contributed by atoms with van der Waals surface area (Å²) in [7, 11) is 1.70. The third-order valence-corrected chi connectivity index (χ3v) is 6.00. The number of benzene rings is 2. The number of carbonyl (C=O) groups is 3. The van der Waals surface area contributed by atoms with Crippen molar-refractivity contribution in [2.24, 2.45) is 0 Å². The quantitative estimate of drug-likeness (QED) is 0.473. The monoisotopic (exact) mass is 473 g/mol. The number of amides is 4. The molecule has 1 aliphatic heterocycles. The van der Waals surface area contributed by atoms with Crippen LogP contribution >= 0.6 is 0 Å². The molecule has 10 heteroatoms. The van der Waals surface area contributed by atoms with Gasteiger partial charge in [0, 0.05) is 31.8 Å². The SMILES string of the molecule is CCN(C)N(C(=O)NCc1ccccc1)C1CN([C@H](C)c2ccc(F)cc2F)C(=O)CN1C=O. The Morgan fingerprint density at radius 2 is 1.94 bits per heavy atom. The molecule has 2 atom stereocenters. The van der Waals surface area contributed by atoms with E-state index in [9.17, 15) is 23.2 Å². The first-order chi connectivity index (χ1) is 16.3. The molecule has 1 heterocycles. The Balaban J connectivity index is 1.86. The number of hydrazine groups is 1. The van der Waals surface area contributed by atoms with Gasteiger partial charge in [0.2, 0.25) is 12.3 Å². The summed E-state index contributed by atoms with van der Waals surface area (Å²) in [4.78, 5) is 40.6. The first kappa shape index (κ1) is 25.1. The van der Waals surface area contributed by atoms with E-state index in [1.807, 2.05) is 37.3 Å². The van der Waals surface area contributed by atoms with E-state index in [0.29, 0.717) is 13.0 Å². The molecule has 0 bridgehead atoms. The van der Waals surface area contributed by atoms with Crippen molar-refractivity contribution in [2.75, 3.05) is 26.7 Å². The summed E-state index contributed by atoms with van der Waals surface area (Å²) < 4.78 is 27.8. The number of hydrogen-bond acceptors (Lipinski definition) is 4. The van der Waals surface area contributed by atoms with E-state index in [-0.39, 0.29) is 25.2 Å². The fourth-order valence-electron chi connectivity index (χ4n) is 3.97. The number of urea groups is 1. The Hall–Kier alpha value is -3.53. The van der Waals surface area contributed by atoms with Gasteiger partial charge in [-0.15, -0.1) is 0 Å². The summed E-state index contributed by atoms with van der Waals surface area (Å²) in [5.41, 5.74) is 1.06.